The van der Waals surface area contributed by atoms with E-state index >= 15 is 0 Å². The van der Waals surface area contributed by atoms with Crippen LogP contribution in [0.2, 0.25) is 5.02 Å². The minimum Gasteiger partial charge on any atom is -0.465 e. The molecule has 0 saturated carbocycles. The Morgan fingerprint density at radius 3 is 2.53 bits per heavy atom. The number of ether oxygens (including phenoxy) is 1. The summed E-state index contributed by atoms with van der Waals surface area (Å²) in [6, 6.07) is 13.3. The highest BCUT2D eigenvalue weighted by molar-refractivity contribution is 7.99. The summed E-state index contributed by atoms with van der Waals surface area (Å²) in [5.74, 6) is -0.407. The van der Waals surface area contributed by atoms with Gasteiger partial charge in [0.15, 0.2) is 5.16 Å². The molecule has 186 valence electrons. The van der Waals surface area contributed by atoms with Gasteiger partial charge in [-0.3, -0.25) is 4.79 Å². The number of hydrogen-bond donors (Lipinski definition) is 1. The van der Waals surface area contributed by atoms with E-state index in [4.69, 9.17) is 16.3 Å². The number of halogens is 2. The van der Waals surface area contributed by atoms with Gasteiger partial charge in [0, 0.05) is 28.9 Å². The molecule has 0 saturated heterocycles. The summed E-state index contributed by atoms with van der Waals surface area (Å²) in [7, 11) is 1.27. The molecule has 1 amide bonds. The van der Waals surface area contributed by atoms with E-state index < -0.39 is 5.97 Å². The highest BCUT2D eigenvalue weighted by atomic mass is 35.5. The second-order valence-electron chi connectivity index (χ2n) is 7.64. The number of methoxy groups -OCH3 is 1. The summed E-state index contributed by atoms with van der Waals surface area (Å²) in [5, 5.41) is 14.8. The van der Waals surface area contributed by atoms with Crippen molar-refractivity contribution >= 4 is 51.6 Å². The second kappa shape index (κ2) is 11.7. The first-order chi connectivity index (χ1) is 17.4. The zero-order valence-electron chi connectivity index (χ0n) is 19.5. The van der Waals surface area contributed by atoms with E-state index in [1.807, 2.05) is 35.8 Å². The Hall–Kier alpha value is -3.21. The molecule has 1 N–H and O–H groups in total. The summed E-state index contributed by atoms with van der Waals surface area (Å²) in [5.41, 5.74) is 2.50. The predicted molar refractivity (Wildman–Crippen MR) is 140 cm³/mol. The van der Waals surface area contributed by atoms with Gasteiger partial charge in [0.2, 0.25) is 5.91 Å². The minimum absolute atomic E-state index is 0.0729. The zero-order chi connectivity index (χ0) is 25.7. The molecule has 0 unspecified atom stereocenters. The van der Waals surface area contributed by atoms with Crippen LogP contribution in [0.4, 0.5) is 9.39 Å². The number of amides is 1. The summed E-state index contributed by atoms with van der Waals surface area (Å²) < 4.78 is 20.2. The van der Waals surface area contributed by atoms with Crippen LogP contribution in [-0.4, -0.2) is 39.5 Å². The Bertz CT molecular complexity index is 1370. The first kappa shape index (κ1) is 25.9. The molecule has 4 aromatic rings. The Labute approximate surface area is 220 Å². The molecule has 0 aliphatic carbocycles. The summed E-state index contributed by atoms with van der Waals surface area (Å²) in [6.07, 6.45) is 0.592. The van der Waals surface area contributed by atoms with Crippen molar-refractivity contribution in [1.29, 1.82) is 0 Å². The van der Waals surface area contributed by atoms with E-state index in [0.29, 0.717) is 39.3 Å². The van der Waals surface area contributed by atoms with Crippen molar-refractivity contribution < 1.29 is 18.7 Å². The SMILES string of the molecule is CCn1c(Cc2ccc(Cl)cc2)nnc1SCC(=O)Nc1scc(-c2ccc(F)cc2)c1C(=O)OC. The molecule has 0 aliphatic rings. The highest BCUT2D eigenvalue weighted by Crippen LogP contribution is 2.36. The maximum Gasteiger partial charge on any atom is 0.341 e. The lowest BCUT2D eigenvalue weighted by molar-refractivity contribution is -0.113. The fourth-order valence-corrected chi connectivity index (χ4v) is 5.47. The molecule has 11 heteroatoms. The normalized spacial score (nSPS) is 10.9. The Kier molecular flexibility index (Phi) is 8.40. The average Bonchev–Trinajstić information content (AvgIpc) is 3.47. The number of benzene rings is 2. The fraction of sp³-hybridized carbons (Fsp3) is 0.200. The number of thiophene rings is 1. The van der Waals surface area contributed by atoms with E-state index in [1.54, 1.807) is 17.5 Å². The van der Waals surface area contributed by atoms with E-state index in [2.05, 4.69) is 15.5 Å². The van der Waals surface area contributed by atoms with E-state index in [0.717, 1.165) is 11.4 Å². The van der Waals surface area contributed by atoms with Gasteiger partial charge < -0.3 is 14.6 Å². The number of carbonyl (C=O) groups is 2. The van der Waals surface area contributed by atoms with E-state index in [1.165, 1.54) is 42.3 Å². The largest absolute Gasteiger partial charge is 0.465 e. The lowest BCUT2D eigenvalue weighted by Gasteiger charge is -2.09. The topological polar surface area (TPSA) is 86.1 Å². The smallest absolute Gasteiger partial charge is 0.341 e. The Morgan fingerprint density at radius 2 is 1.86 bits per heavy atom. The Morgan fingerprint density at radius 1 is 1.14 bits per heavy atom. The molecule has 4 rings (SSSR count). The van der Waals surface area contributed by atoms with Gasteiger partial charge >= 0.3 is 5.97 Å². The molecule has 0 aliphatic heterocycles. The summed E-state index contributed by atoms with van der Waals surface area (Å²) in [4.78, 5) is 25.3. The van der Waals surface area contributed by atoms with E-state index in [-0.39, 0.29) is 23.0 Å². The van der Waals surface area contributed by atoms with Gasteiger partial charge in [-0.15, -0.1) is 21.5 Å². The van der Waals surface area contributed by atoms with Gasteiger partial charge in [-0.25, -0.2) is 9.18 Å². The molecule has 0 atom stereocenters. The first-order valence-electron chi connectivity index (χ1n) is 10.9. The van der Waals surface area contributed by atoms with Gasteiger partial charge in [0.1, 0.15) is 22.2 Å². The molecule has 2 heterocycles. The lowest BCUT2D eigenvalue weighted by atomic mass is 10.0. The first-order valence-corrected chi connectivity index (χ1v) is 13.2. The molecule has 36 heavy (non-hydrogen) atoms. The van der Waals surface area contributed by atoms with E-state index in [9.17, 15) is 14.0 Å². The average molecular weight is 545 g/mol. The van der Waals surface area contributed by atoms with Gasteiger partial charge in [-0.05, 0) is 42.3 Å². The fourth-order valence-electron chi connectivity index (χ4n) is 3.55. The third-order valence-electron chi connectivity index (χ3n) is 5.31. The van der Waals surface area contributed by atoms with Crippen molar-refractivity contribution in [2.45, 2.75) is 25.0 Å². The van der Waals surface area contributed by atoms with Crippen molar-refractivity contribution in [2.75, 3.05) is 18.2 Å². The maximum absolute atomic E-state index is 13.3. The van der Waals surface area contributed by atoms with Crippen molar-refractivity contribution in [2.24, 2.45) is 0 Å². The number of anilines is 1. The molecular weight excluding hydrogens is 523 g/mol. The van der Waals surface area contributed by atoms with Gasteiger partial charge in [0.05, 0.1) is 12.9 Å². The molecule has 0 bridgehead atoms. The van der Waals surface area contributed by atoms with Gasteiger partial charge in [-0.2, -0.15) is 0 Å². The molecule has 0 radical (unpaired) electrons. The van der Waals surface area contributed by atoms with Crippen LogP contribution < -0.4 is 5.32 Å². The van der Waals surface area contributed by atoms with Crippen LogP contribution in [0.15, 0.2) is 59.1 Å². The molecule has 2 aromatic heterocycles. The lowest BCUT2D eigenvalue weighted by Crippen LogP contribution is -2.16. The standard InChI is InChI=1S/C25H22ClFN4O3S2/c1-3-31-20(12-15-4-8-17(26)9-5-15)29-30-25(31)36-14-21(32)28-23-22(24(33)34-2)19(13-35-23)16-6-10-18(27)11-7-16/h4-11,13H,3,12,14H2,1-2H3,(H,28,32). The predicted octanol–water partition coefficient (Wildman–Crippen LogP) is 5.93. The van der Waals surface area contributed by atoms with Crippen molar-refractivity contribution in [3.8, 4) is 11.1 Å². The van der Waals surface area contributed by atoms with Crippen LogP contribution >= 0.6 is 34.7 Å². The van der Waals surface area contributed by atoms with Gasteiger partial charge in [0.25, 0.3) is 0 Å². The quantitative estimate of drug-likeness (QED) is 0.208. The molecule has 2 aromatic carbocycles. The van der Waals surface area contributed by atoms with Crippen LogP contribution in [0.3, 0.4) is 0 Å². The monoisotopic (exact) mass is 544 g/mol. The van der Waals surface area contributed by atoms with Crippen LogP contribution in [-0.2, 0) is 22.5 Å². The van der Waals surface area contributed by atoms with Crippen molar-refractivity contribution in [3.63, 3.8) is 0 Å². The second-order valence-corrected chi connectivity index (χ2v) is 9.89. The minimum atomic E-state index is -0.587. The van der Waals surface area contributed by atoms with Crippen LogP contribution in [0.1, 0.15) is 28.7 Å². The summed E-state index contributed by atoms with van der Waals surface area (Å²) >= 11 is 8.43. The number of esters is 1. The van der Waals surface area contributed by atoms with Crippen LogP contribution in [0.5, 0.6) is 0 Å². The van der Waals surface area contributed by atoms with Crippen molar-refractivity contribution in [1.82, 2.24) is 14.8 Å². The number of aromatic nitrogens is 3. The van der Waals surface area contributed by atoms with Crippen molar-refractivity contribution in [3.05, 3.63) is 81.7 Å². The number of hydrogen-bond acceptors (Lipinski definition) is 7. The third kappa shape index (κ3) is 5.95. The number of nitrogens with one attached hydrogen (secondary N) is 1. The van der Waals surface area contributed by atoms with Gasteiger partial charge in [-0.1, -0.05) is 47.6 Å². The summed E-state index contributed by atoms with van der Waals surface area (Å²) in [6.45, 7) is 2.64. The third-order valence-corrected chi connectivity index (χ3v) is 7.42. The zero-order valence-corrected chi connectivity index (χ0v) is 21.8. The molecule has 7 nitrogen and oxygen atoms in total. The molecular formula is C25H22ClFN4O3S2. The maximum atomic E-state index is 13.3. The molecule has 0 spiro atoms. The molecule has 0 fully saturated rings. The number of nitrogens with zero attached hydrogens (tertiary/aromatic N) is 3. The number of thioether (sulfide) groups is 1. The highest BCUT2D eigenvalue weighted by Gasteiger charge is 2.23. The van der Waals surface area contributed by atoms with Crippen LogP contribution in [0.25, 0.3) is 11.1 Å². The Balaban J connectivity index is 1.46. The van der Waals surface area contributed by atoms with Crippen LogP contribution in [0, 0.1) is 5.82 Å². The number of rotatable bonds is 9. The number of carbonyl (C=O) groups excluding carboxylic acids is 2.